The molecule has 0 aliphatic rings. The second-order valence-electron chi connectivity index (χ2n) is 0.303. The van der Waals surface area contributed by atoms with Gasteiger partial charge in [-0.3, -0.25) is 0 Å². The summed E-state index contributed by atoms with van der Waals surface area (Å²) in [5.74, 6) is 0. The minimum atomic E-state index is 0.346. The van der Waals surface area contributed by atoms with Crippen molar-refractivity contribution >= 4 is 22.1 Å². The van der Waals surface area contributed by atoms with E-state index in [9.17, 15) is 4.55 Å². The summed E-state index contributed by atoms with van der Waals surface area (Å²) in [5.41, 5.74) is 0. The Morgan fingerprint density at radius 2 is 2.40 bits per heavy atom. The van der Waals surface area contributed by atoms with Gasteiger partial charge in [0.1, 0.15) is 0 Å². The quantitative estimate of drug-likeness (QED) is 0.394. The molecule has 0 N–H and O–H groups in total. The van der Waals surface area contributed by atoms with E-state index < -0.39 is 0 Å². The molecule has 0 aromatic rings. The van der Waals surface area contributed by atoms with Crippen LogP contribution in [0, 0.1) is 0 Å². The summed E-state index contributed by atoms with van der Waals surface area (Å²) in [6.07, 6.45) is 0. The molecule has 0 radical (unpaired) electrons. The van der Waals surface area contributed by atoms with Gasteiger partial charge in [-0.05, 0) is 0 Å². The molecule has 0 saturated carbocycles. The van der Waals surface area contributed by atoms with Gasteiger partial charge in [-0.1, -0.05) is 0 Å². The Bertz CT molecular complexity index is 15.1. The van der Waals surface area contributed by atoms with E-state index in [2.05, 4.69) is 4.18 Å². The summed E-state index contributed by atoms with van der Waals surface area (Å²) in [6.45, 7) is 0. The van der Waals surface area contributed by atoms with Crippen molar-refractivity contribution < 1.29 is 8.74 Å². The Balaban J connectivity index is 2.19. The lowest BCUT2D eigenvalue weighted by molar-refractivity contribution is 0.495. The van der Waals surface area contributed by atoms with Gasteiger partial charge in [0.15, 0.2) is 0 Å². The van der Waals surface area contributed by atoms with Crippen molar-refractivity contribution in [2.24, 2.45) is 0 Å². The van der Waals surface area contributed by atoms with Gasteiger partial charge in [0.25, 0.3) is 0 Å². The van der Waals surface area contributed by atoms with Crippen molar-refractivity contribution in [2.75, 3.05) is 7.11 Å². The lowest BCUT2D eigenvalue weighted by Crippen LogP contribution is -1.53. The molecule has 0 aromatic heterocycles. The number of rotatable bonds is 2. The lowest BCUT2D eigenvalue weighted by atomic mass is 11.8. The van der Waals surface area contributed by atoms with Crippen molar-refractivity contribution in [1.82, 2.24) is 0 Å². The fourth-order valence-electron chi connectivity index (χ4n) is 0.0278. The van der Waals surface area contributed by atoms with Crippen LogP contribution in [0.2, 0.25) is 0 Å². The first-order valence-corrected chi connectivity index (χ1v) is 2.91. The molecule has 0 saturated heterocycles. The van der Waals surface area contributed by atoms with Crippen molar-refractivity contribution in [3.8, 4) is 0 Å². The third-order valence-electron chi connectivity index (χ3n) is 0.0958. The first-order valence-electron chi connectivity index (χ1n) is 0.908. The van der Waals surface area contributed by atoms with Crippen LogP contribution in [0.25, 0.3) is 0 Å². The fraction of sp³-hybridized carbons (Fsp3) is 1.00. The maximum Gasteiger partial charge on any atom is 0.0513 e. The summed E-state index contributed by atoms with van der Waals surface area (Å²) >= 11 is 1.17. The van der Waals surface area contributed by atoms with Crippen LogP contribution < -0.4 is 0 Å². The zero-order valence-electron chi connectivity index (χ0n) is 2.63. The van der Waals surface area contributed by atoms with Crippen molar-refractivity contribution in [3.05, 3.63) is 0 Å². The second-order valence-corrected chi connectivity index (χ2v) is 1.72. The third-order valence-corrected chi connectivity index (χ3v) is 0.862. The van der Waals surface area contributed by atoms with E-state index in [-0.39, 0.29) is 0 Å². The van der Waals surface area contributed by atoms with E-state index in [1.165, 1.54) is 7.11 Å². The molecule has 4 heteroatoms. The van der Waals surface area contributed by atoms with Crippen LogP contribution in [-0.2, 0) is 4.18 Å². The van der Waals surface area contributed by atoms with E-state index in [0.29, 0.717) is 11.1 Å². The maximum atomic E-state index is 9.28. The standard InChI is InChI=1S/CH4O2S2/c1-3-5-4-2/h2H,1H3/p-1. The molecular weight excluding hydrogens is 108 g/mol. The fourth-order valence-corrected chi connectivity index (χ4v) is 0.250. The van der Waals surface area contributed by atoms with Crippen LogP contribution in [0.1, 0.15) is 0 Å². The summed E-state index contributed by atoms with van der Waals surface area (Å²) in [6, 6.07) is 0. The molecule has 0 spiro atoms. The molecule has 0 rings (SSSR count). The van der Waals surface area contributed by atoms with Crippen LogP contribution in [0.5, 0.6) is 0 Å². The van der Waals surface area contributed by atoms with E-state index in [0.717, 1.165) is 11.1 Å². The molecule has 0 aromatic carbocycles. The Morgan fingerprint density at radius 3 is 2.40 bits per heavy atom. The monoisotopic (exact) mass is 111 g/mol. The zero-order chi connectivity index (χ0) is 4.12. The maximum absolute atomic E-state index is 9.28. The SMILES string of the molecule is COSS[O-]. The Labute approximate surface area is 38.7 Å². The normalized spacial score (nSPS) is 8.40. The highest BCUT2D eigenvalue weighted by atomic mass is 33.1. The van der Waals surface area contributed by atoms with Crippen LogP contribution >= 0.6 is 22.1 Å². The molecule has 5 heavy (non-hydrogen) atoms. The van der Waals surface area contributed by atoms with E-state index >= 15 is 0 Å². The minimum Gasteiger partial charge on any atom is -0.789 e. The molecular formula is CH3O2S2-. The predicted octanol–water partition coefficient (Wildman–Crippen LogP) is 1.06. The second kappa shape index (κ2) is 4.62. The van der Waals surface area contributed by atoms with E-state index in [4.69, 9.17) is 0 Å². The predicted molar refractivity (Wildman–Crippen MR) is 23.0 cm³/mol. The van der Waals surface area contributed by atoms with Gasteiger partial charge in [-0.25, -0.2) is 0 Å². The first-order chi connectivity index (χ1) is 2.41. The topological polar surface area (TPSA) is 32.3 Å². The van der Waals surface area contributed by atoms with Crippen LogP contribution in [0.3, 0.4) is 0 Å². The van der Waals surface area contributed by atoms with Gasteiger partial charge >= 0.3 is 0 Å². The largest absolute Gasteiger partial charge is 0.789 e. The molecule has 0 atom stereocenters. The van der Waals surface area contributed by atoms with E-state index in [1.807, 2.05) is 0 Å². The molecule has 0 bridgehead atoms. The summed E-state index contributed by atoms with van der Waals surface area (Å²) in [4.78, 5) is 0. The molecule has 32 valence electrons. The molecule has 2 nitrogen and oxygen atoms in total. The number of hydrogen-bond acceptors (Lipinski definition) is 4. The van der Waals surface area contributed by atoms with Gasteiger partial charge in [0.05, 0.1) is 7.11 Å². The van der Waals surface area contributed by atoms with Gasteiger partial charge in [0.2, 0.25) is 0 Å². The Hall–Kier alpha value is 0.620. The first kappa shape index (κ1) is 5.62. The number of hydrogen-bond donors (Lipinski definition) is 0. The smallest absolute Gasteiger partial charge is 0.0513 e. The molecule has 0 aliphatic carbocycles. The van der Waals surface area contributed by atoms with Crippen molar-refractivity contribution in [1.29, 1.82) is 0 Å². The summed E-state index contributed by atoms with van der Waals surface area (Å²) < 4.78 is 13.5. The van der Waals surface area contributed by atoms with Gasteiger partial charge in [-0.15, -0.1) is 0 Å². The van der Waals surface area contributed by atoms with Crippen LogP contribution in [-0.4, -0.2) is 11.7 Å². The van der Waals surface area contributed by atoms with E-state index in [1.54, 1.807) is 0 Å². The van der Waals surface area contributed by atoms with Crippen molar-refractivity contribution in [2.45, 2.75) is 0 Å². The average molecular weight is 111 g/mol. The Kier molecular flexibility index (Phi) is 5.19. The highest BCUT2D eigenvalue weighted by Crippen LogP contribution is 2.14. The highest BCUT2D eigenvalue weighted by Gasteiger charge is 1.59. The van der Waals surface area contributed by atoms with Gasteiger partial charge in [0, 0.05) is 11.1 Å². The molecule has 0 aliphatic heterocycles. The van der Waals surface area contributed by atoms with Crippen LogP contribution in [0.15, 0.2) is 0 Å². The average Bonchev–Trinajstić information content (AvgIpc) is 1.41. The molecule has 0 heterocycles. The Morgan fingerprint density at radius 1 is 1.80 bits per heavy atom. The molecule has 0 amide bonds. The van der Waals surface area contributed by atoms with Gasteiger partial charge < -0.3 is 8.74 Å². The minimum absolute atomic E-state index is 0.346. The van der Waals surface area contributed by atoms with Crippen molar-refractivity contribution in [3.63, 3.8) is 0 Å². The molecule has 0 fully saturated rings. The third kappa shape index (κ3) is 4.62. The van der Waals surface area contributed by atoms with Gasteiger partial charge in [-0.2, -0.15) is 11.1 Å². The van der Waals surface area contributed by atoms with Crippen LogP contribution in [0.4, 0.5) is 0 Å². The molecule has 0 unspecified atom stereocenters. The zero-order valence-corrected chi connectivity index (χ0v) is 4.27. The highest BCUT2D eigenvalue weighted by molar-refractivity contribution is 8.72. The summed E-state index contributed by atoms with van der Waals surface area (Å²) in [5, 5.41) is 0. The summed E-state index contributed by atoms with van der Waals surface area (Å²) in [7, 11) is 1.45. The lowest BCUT2D eigenvalue weighted by Gasteiger charge is -1.94.